The van der Waals surface area contributed by atoms with E-state index in [2.05, 4.69) is 10.6 Å². The number of carboxylic acids is 1. The third-order valence-corrected chi connectivity index (χ3v) is 3.47. The molecule has 20 heavy (non-hydrogen) atoms. The van der Waals surface area contributed by atoms with Gasteiger partial charge in [-0.1, -0.05) is 25.7 Å². The SMILES string of the molecule is NC(=O)CC[C@H](NC(=O)NC1CCCCCC1)C(=O)O. The minimum Gasteiger partial charge on any atom is -0.480 e. The van der Waals surface area contributed by atoms with E-state index < -0.39 is 23.9 Å². The molecule has 7 nitrogen and oxygen atoms in total. The zero-order valence-corrected chi connectivity index (χ0v) is 11.6. The molecule has 0 aliphatic heterocycles. The maximum absolute atomic E-state index is 11.8. The molecule has 3 amide bonds. The summed E-state index contributed by atoms with van der Waals surface area (Å²) in [6, 6.07) is -1.48. The topological polar surface area (TPSA) is 122 Å². The molecule has 0 radical (unpaired) electrons. The van der Waals surface area contributed by atoms with Gasteiger partial charge in [-0.2, -0.15) is 0 Å². The first kappa shape index (κ1) is 16.3. The molecule has 0 spiro atoms. The molecule has 1 aliphatic carbocycles. The Balaban J connectivity index is 2.40. The van der Waals surface area contributed by atoms with Crippen LogP contribution in [0.1, 0.15) is 51.4 Å². The maximum atomic E-state index is 11.8. The number of nitrogens with two attached hydrogens (primary N) is 1. The minimum atomic E-state index is -1.16. The lowest BCUT2D eigenvalue weighted by atomic mass is 10.1. The molecule has 1 rings (SSSR count). The number of carbonyl (C=O) groups excluding carboxylic acids is 2. The van der Waals surface area contributed by atoms with Crippen molar-refractivity contribution < 1.29 is 19.5 Å². The summed E-state index contributed by atoms with van der Waals surface area (Å²) < 4.78 is 0. The molecule has 1 fully saturated rings. The van der Waals surface area contributed by atoms with Gasteiger partial charge in [0.2, 0.25) is 5.91 Å². The molecular formula is C13H23N3O4. The second-order valence-corrected chi connectivity index (χ2v) is 5.20. The van der Waals surface area contributed by atoms with Gasteiger partial charge in [0, 0.05) is 12.5 Å². The molecule has 0 bridgehead atoms. The van der Waals surface area contributed by atoms with Gasteiger partial charge >= 0.3 is 12.0 Å². The molecule has 1 aliphatic rings. The molecule has 0 saturated heterocycles. The number of primary amides is 1. The second kappa shape index (κ2) is 8.39. The number of hydrogen-bond acceptors (Lipinski definition) is 3. The summed E-state index contributed by atoms with van der Waals surface area (Å²) in [5.74, 6) is -1.75. The smallest absolute Gasteiger partial charge is 0.326 e. The number of amides is 3. The summed E-state index contributed by atoms with van der Waals surface area (Å²) >= 11 is 0. The number of hydrogen-bond donors (Lipinski definition) is 4. The highest BCUT2D eigenvalue weighted by Crippen LogP contribution is 2.17. The molecule has 0 aromatic heterocycles. The van der Waals surface area contributed by atoms with Crippen molar-refractivity contribution in [3.05, 3.63) is 0 Å². The van der Waals surface area contributed by atoms with Crippen molar-refractivity contribution in [3.63, 3.8) is 0 Å². The first-order valence-electron chi connectivity index (χ1n) is 7.07. The van der Waals surface area contributed by atoms with Crippen LogP contribution in [-0.4, -0.2) is 35.1 Å². The van der Waals surface area contributed by atoms with Crippen LogP contribution in [0.3, 0.4) is 0 Å². The lowest BCUT2D eigenvalue weighted by Gasteiger charge is -2.19. The Bertz CT molecular complexity index is 352. The van der Waals surface area contributed by atoms with Crippen LogP contribution < -0.4 is 16.4 Å². The van der Waals surface area contributed by atoms with Crippen LogP contribution in [0.4, 0.5) is 4.79 Å². The number of carboxylic acid groups (broad SMARTS) is 1. The number of aliphatic carboxylic acids is 1. The second-order valence-electron chi connectivity index (χ2n) is 5.20. The summed E-state index contributed by atoms with van der Waals surface area (Å²) in [4.78, 5) is 33.4. The lowest BCUT2D eigenvalue weighted by Crippen LogP contribution is -2.49. The van der Waals surface area contributed by atoms with Crippen LogP contribution in [0.15, 0.2) is 0 Å². The minimum absolute atomic E-state index is 0.00273. The molecule has 1 saturated carbocycles. The Morgan fingerprint density at radius 2 is 1.75 bits per heavy atom. The highest BCUT2D eigenvalue weighted by molar-refractivity contribution is 5.83. The Labute approximate surface area is 118 Å². The van der Waals surface area contributed by atoms with Gasteiger partial charge in [0.1, 0.15) is 6.04 Å². The monoisotopic (exact) mass is 285 g/mol. The van der Waals surface area contributed by atoms with Gasteiger partial charge in [-0.05, 0) is 19.3 Å². The fourth-order valence-electron chi connectivity index (χ4n) is 2.35. The molecule has 0 unspecified atom stereocenters. The van der Waals surface area contributed by atoms with Gasteiger partial charge in [-0.3, -0.25) is 4.79 Å². The van der Waals surface area contributed by atoms with Crippen molar-refractivity contribution in [2.24, 2.45) is 5.73 Å². The molecule has 5 N–H and O–H groups in total. The summed E-state index contributed by atoms with van der Waals surface area (Å²) in [6.45, 7) is 0. The van der Waals surface area contributed by atoms with E-state index in [0.29, 0.717) is 0 Å². The number of rotatable bonds is 6. The van der Waals surface area contributed by atoms with E-state index in [1.807, 2.05) is 0 Å². The van der Waals surface area contributed by atoms with Crippen LogP contribution in [0, 0.1) is 0 Å². The highest BCUT2D eigenvalue weighted by atomic mass is 16.4. The standard InChI is InChI=1S/C13H23N3O4/c14-11(17)8-7-10(12(18)19)16-13(20)15-9-5-3-1-2-4-6-9/h9-10H,1-8H2,(H2,14,17)(H,18,19)(H2,15,16,20)/t10-/m0/s1. The van der Waals surface area contributed by atoms with Crippen molar-refractivity contribution in [3.8, 4) is 0 Å². The molecule has 1 atom stereocenters. The number of carbonyl (C=O) groups is 3. The van der Waals surface area contributed by atoms with Gasteiger partial charge in [-0.15, -0.1) is 0 Å². The fourth-order valence-corrected chi connectivity index (χ4v) is 2.35. The van der Waals surface area contributed by atoms with Gasteiger partial charge in [0.15, 0.2) is 0 Å². The van der Waals surface area contributed by atoms with Gasteiger partial charge in [0.05, 0.1) is 0 Å². The zero-order valence-electron chi connectivity index (χ0n) is 11.6. The van der Waals surface area contributed by atoms with Crippen molar-refractivity contribution in [2.75, 3.05) is 0 Å². The Hall–Kier alpha value is -1.79. The average Bonchev–Trinajstić information content (AvgIpc) is 2.62. The molecule has 0 aromatic rings. The summed E-state index contributed by atoms with van der Waals surface area (Å²) in [7, 11) is 0. The predicted molar refractivity (Wildman–Crippen MR) is 73.0 cm³/mol. The van der Waals surface area contributed by atoms with E-state index in [4.69, 9.17) is 10.8 Å². The largest absolute Gasteiger partial charge is 0.480 e. The van der Waals surface area contributed by atoms with Crippen molar-refractivity contribution >= 4 is 17.9 Å². The molecule has 114 valence electrons. The third-order valence-electron chi connectivity index (χ3n) is 3.47. The fraction of sp³-hybridized carbons (Fsp3) is 0.769. The summed E-state index contributed by atoms with van der Waals surface area (Å²) in [6.07, 6.45) is 6.29. The number of nitrogens with one attached hydrogen (secondary N) is 2. The van der Waals surface area contributed by atoms with Crippen LogP contribution >= 0.6 is 0 Å². The van der Waals surface area contributed by atoms with Crippen molar-refractivity contribution in [2.45, 2.75) is 63.5 Å². The molecular weight excluding hydrogens is 262 g/mol. The van der Waals surface area contributed by atoms with Crippen LogP contribution in [0.2, 0.25) is 0 Å². The van der Waals surface area contributed by atoms with Crippen LogP contribution in [0.25, 0.3) is 0 Å². The zero-order chi connectivity index (χ0) is 15.0. The Morgan fingerprint density at radius 1 is 1.15 bits per heavy atom. The van der Waals surface area contributed by atoms with Gasteiger partial charge in [0.25, 0.3) is 0 Å². The maximum Gasteiger partial charge on any atom is 0.326 e. The first-order chi connectivity index (χ1) is 9.49. The molecule has 7 heteroatoms. The van der Waals surface area contributed by atoms with E-state index in [9.17, 15) is 14.4 Å². The average molecular weight is 285 g/mol. The van der Waals surface area contributed by atoms with Gasteiger partial charge in [-0.25, -0.2) is 9.59 Å². The van der Waals surface area contributed by atoms with Crippen LogP contribution in [0.5, 0.6) is 0 Å². The van der Waals surface area contributed by atoms with E-state index in [1.54, 1.807) is 0 Å². The highest BCUT2D eigenvalue weighted by Gasteiger charge is 2.22. The third kappa shape index (κ3) is 6.40. The van der Waals surface area contributed by atoms with E-state index in [0.717, 1.165) is 25.7 Å². The van der Waals surface area contributed by atoms with Crippen LogP contribution in [-0.2, 0) is 9.59 Å². The van der Waals surface area contributed by atoms with Crippen molar-refractivity contribution in [1.82, 2.24) is 10.6 Å². The number of urea groups is 1. The summed E-state index contributed by atoms with van der Waals surface area (Å²) in [5.41, 5.74) is 4.98. The van der Waals surface area contributed by atoms with Gasteiger partial charge < -0.3 is 21.5 Å². The Kier molecular flexibility index (Phi) is 6.83. The molecule has 0 heterocycles. The van der Waals surface area contributed by atoms with Crippen molar-refractivity contribution in [1.29, 1.82) is 0 Å². The Morgan fingerprint density at radius 3 is 2.25 bits per heavy atom. The normalized spacial score (nSPS) is 17.8. The lowest BCUT2D eigenvalue weighted by molar-refractivity contribution is -0.139. The predicted octanol–water partition coefficient (Wildman–Crippen LogP) is 0.727. The van der Waals surface area contributed by atoms with E-state index in [1.165, 1.54) is 12.8 Å². The van der Waals surface area contributed by atoms with E-state index >= 15 is 0 Å². The molecule has 0 aromatic carbocycles. The summed E-state index contributed by atoms with van der Waals surface area (Å²) in [5, 5.41) is 14.2. The first-order valence-corrected chi connectivity index (χ1v) is 7.07. The van der Waals surface area contributed by atoms with E-state index in [-0.39, 0.29) is 18.9 Å². The quantitative estimate of drug-likeness (QED) is 0.537.